The van der Waals surface area contributed by atoms with E-state index in [2.05, 4.69) is 5.32 Å². The number of hydrogen-bond acceptors (Lipinski definition) is 5. The van der Waals surface area contributed by atoms with Crippen LogP contribution in [0.3, 0.4) is 0 Å². The summed E-state index contributed by atoms with van der Waals surface area (Å²) in [5.74, 6) is -1.33. The quantitative estimate of drug-likeness (QED) is 0.562. The molecule has 1 unspecified atom stereocenters. The van der Waals surface area contributed by atoms with Gasteiger partial charge in [-0.1, -0.05) is 0 Å². The zero-order valence-electron chi connectivity index (χ0n) is 10.5. The summed E-state index contributed by atoms with van der Waals surface area (Å²) in [6, 6.07) is 0. The molecule has 7 nitrogen and oxygen atoms in total. The van der Waals surface area contributed by atoms with Gasteiger partial charge in [0.25, 0.3) is 0 Å². The second-order valence-corrected chi connectivity index (χ2v) is 4.37. The fourth-order valence-electron chi connectivity index (χ4n) is 1.93. The molecule has 1 fully saturated rings. The van der Waals surface area contributed by atoms with E-state index in [1.165, 1.54) is 7.11 Å². The van der Waals surface area contributed by atoms with Gasteiger partial charge in [-0.2, -0.15) is 0 Å². The summed E-state index contributed by atoms with van der Waals surface area (Å²) in [6.07, 6.45) is 0.0729. The topological polar surface area (TPSA) is 111 Å². The Hall–Kier alpha value is -1.18. The molecule has 1 heterocycles. The van der Waals surface area contributed by atoms with E-state index in [-0.39, 0.29) is 19.0 Å². The highest BCUT2D eigenvalue weighted by Crippen LogP contribution is 2.29. The molecule has 104 valence electrons. The lowest BCUT2D eigenvalue weighted by atomic mass is 9.79. The first-order chi connectivity index (χ1) is 8.55. The number of aliphatic carboxylic acids is 1. The van der Waals surface area contributed by atoms with Gasteiger partial charge in [0, 0.05) is 26.9 Å². The Morgan fingerprint density at radius 1 is 1.50 bits per heavy atom. The van der Waals surface area contributed by atoms with E-state index in [1.807, 2.05) is 0 Å². The Kier molecular flexibility index (Phi) is 5.52. The summed E-state index contributed by atoms with van der Waals surface area (Å²) in [4.78, 5) is 22.8. The number of carbonyl (C=O) groups excluding carboxylic acids is 1. The Morgan fingerprint density at radius 2 is 2.11 bits per heavy atom. The number of nitrogens with two attached hydrogens (primary N) is 1. The number of rotatable bonds is 6. The van der Waals surface area contributed by atoms with E-state index >= 15 is 0 Å². The minimum atomic E-state index is -1.11. The lowest BCUT2D eigenvalue weighted by Crippen LogP contribution is -2.51. The van der Waals surface area contributed by atoms with Crippen LogP contribution in [0.15, 0.2) is 0 Å². The highest BCUT2D eigenvalue weighted by molar-refractivity contribution is 5.83. The minimum absolute atomic E-state index is 0.0622. The Bertz CT molecular complexity index is 302. The molecule has 1 aliphatic rings. The third-order valence-electron chi connectivity index (χ3n) is 3.33. The van der Waals surface area contributed by atoms with Crippen LogP contribution in [0.4, 0.5) is 0 Å². The van der Waals surface area contributed by atoms with Crippen LogP contribution in [-0.4, -0.2) is 56.5 Å². The normalized spacial score (nSPS) is 20.1. The molecule has 0 bridgehead atoms. The van der Waals surface area contributed by atoms with E-state index < -0.39 is 17.5 Å². The molecule has 0 aromatic rings. The molecule has 0 aromatic carbocycles. The van der Waals surface area contributed by atoms with Crippen molar-refractivity contribution >= 4 is 11.9 Å². The van der Waals surface area contributed by atoms with Crippen molar-refractivity contribution in [1.29, 1.82) is 0 Å². The van der Waals surface area contributed by atoms with Crippen LogP contribution in [0.2, 0.25) is 0 Å². The summed E-state index contributed by atoms with van der Waals surface area (Å²) in [7, 11) is 1.29. The average molecular weight is 260 g/mol. The van der Waals surface area contributed by atoms with Gasteiger partial charge in [-0.3, -0.25) is 4.79 Å². The number of amides is 1. The molecule has 1 atom stereocenters. The number of nitrogens with one attached hydrogen (secondary N) is 1. The maximum Gasteiger partial charge on any atom is 0.334 e. The maximum absolute atomic E-state index is 12.1. The van der Waals surface area contributed by atoms with Crippen molar-refractivity contribution < 1.29 is 24.2 Å². The van der Waals surface area contributed by atoms with E-state index in [9.17, 15) is 9.59 Å². The first-order valence-corrected chi connectivity index (χ1v) is 5.87. The van der Waals surface area contributed by atoms with Crippen LogP contribution >= 0.6 is 0 Å². The SMILES string of the molecule is COC(CNC(=O)C1(CN)CCOCC1)C(=O)O. The van der Waals surface area contributed by atoms with Crippen molar-refractivity contribution in [2.24, 2.45) is 11.1 Å². The molecule has 1 aliphatic heterocycles. The van der Waals surface area contributed by atoms with Gasteiger partial charge in [-0.05, 0) is 12.8 Å². The first kappa shape index (κ1) is 14.9. The molecule has 4 N–H and O–H groups in total. The molecule has 0 aromatic heterocycles. The van der Waals surface area contributed by atoms with Gasteiger partial charge < -0.3 is 25.6 Å². The van der Waals surface area contributed by atoms with Crippen LogP contribution in [0.1, 0.15) is 12.8 Å². The van der Waals surface area contributed by atoms with Crippen LogP contribution < -0.4 is 11.1 Å². The summed E-state index contributed by atoms with van der Waals surface area (Å²) in [6.45, 7) is 1.16. The van der Waals surface area contributed by atoms with E-state index in [0.717, 1.165) is 0 Å². The van der Waals surface area contributed by atoms with Crippen molar-refractivity contribution in [1.82, 2.24) is 5.32 Å². The smallest absolute Gasteiger partial charge is 0.334 e. The minimum Gasteiger partial charge on any atom is -0.479 e. The molecule has 18 heavy (non-hydrogen) atoms. The van der Waals surface area contributed by atoms with E-state index in [0.29, 0.717) is 26.1 Å². The van der Waals surface area contributed by atoms with Gasteiger partial charge in [0.2, 0.25) is 5.91 Å². The first-order valence-electron chi connectivity index (χ1n) is 5.87. The number of ether oxygens (including phenoxy) is 2. The van der Waals surface area contributed by atoms with Crippen molar-refractivity contribution in [3.05, 3.63) is 0 Å². The number of carboxylic acid groups (broad SMARTS) is 1. The van der Waals surface area contributed by atoms with E-state index in [1.54, 1.807) is 0 Å². The molecule has 0 radical (unpaired) electrons. The summed E-state index contributed by atoms with van der Waals surface area (Å²) in [5.41, 5.74) is 5.03. The predicted octanol–water partition coefficient (Wildman–Crippen LogP) is -1.04. The lowest BCUT2D eigenvalue weighted by molar-refractivity contribution is -0.149. The lowest BCUT2D eigenvalue weighted by Gasteiger charge is -2.34. The summed E-state index contributed by atoms with van der Waals surface area (Å²) < 4.78 is 9.95. The second kappa shape index (κ2) is 6.67. The fourth-order valence-corrected chi connectivity index (χ4v) is 1.93. The maximum atomic E-state index is 12.1. The molecule has 0 saturated carbocycles. The highest BCUT2D eigenvalue weighted by Gasteiger charge is 2.39. The third kappa shape index (κ3) is 3.41. The van der Waals surface area contributed by atoms with Crippen molar-refractivity contribution in [3.63, 3.8) is 0 Å². The molecule has 0 spiro atoms. The standard InChI is InChI=1S/C11H20N2O5/c1-17-8(9(14)15)6-13-10(16)11(7-12)2-4-18-5-3-11/h8H,2-7,12H2,1H3,(H,13,16)(H,14,15). The molecule has 1 saturated heterocycles. The van der Waals surface area contributed by atoms with Crippen LogP contribution in [-0.2, 0) is 19.1 Å². The van der Waals surface area contributed by atoms with Crippen molar-refractivity contribution in [2.75, 3.05) is 33.4 Å². The van der Waals surface area contributed by atoms with Gasteiger partial charge in [0.1, 0.15) is 0 Å². The van der Waals surface area contributed by atoms with Gasteiger partial charge in [0.15, 0.2) is 6.10 Å². The van der Waals surface area contributed by atoms with Crippen LogP contribution in [0, 0.1) is 5.41 Å². The predicted molar refractivity (Wildman–Crippen MR) is 63.0 cm³/mol. The van der Waals surface area contributed by atoms with Crippen LogP contribution in [0.5, 0.6) is 0 Å². The zero-order chi connectivity index (χ0) is 13.6. The Labute approximate surface area is 106 Å². The zero-order valence-corrected chi connectivity index (χ0v) is 10.5. The Balaban J connectivity index is 2.54. The number of carbonyl (C=O) groups is 2. The number of methoxy groups -OCH3 is 1. The Morgan fingerprint density at radius 3 is 2.56 bits per heavy atom. The largest absolute Gasteiger partial charge is 0.479 e. The molecular formula is C11H20N2O5. The fraction of sp³-hybridized carbons (Fsp3) is 0.818. The van der Waals surface area contributed by atoms with Crippen molar-refractivity contribution in [3.8, 4) is 0 Å². The van der Waals surface area contributed by atoms with Gasteiger partial charge in [-0.25, -0.2) is 4.79 Å². The van der Waals surface area contributed by atoms with Gasteiger partial charge >= 0.3 is 5.97 Å². The van der Waals surface area contributed by atoms with Crippen LogP contribution in [0.25, 0.3) is 0 Å². The monoisotopic (exact) mass is 260 g/mol. The molecule has 0 aliphatic carbocycles. The van der Waals surface area contributed by atoms with Gasteiger partial charge in [0.05, 0.1) is 12.0 Å². The second-order valence-electron chi connectivity index (χ2n) is 4.37. The molecule has 7 heteroatoms. The van der Waals surface area contributed by atoms with Crippen molar-refractivity contribution in [2.45, 2.75) is 18.9 Å². The van der Waals surface area contributed by atoms with Gasteiger partial charge in [-0.15, -0.1) is 0 Å². The summed E-state index contributed by atoms with van der Waals surface area (Å²) in [5, 5.41) is 11.4. The highest BCUT2D eigenvalue weighted by atomic mass is 16.5. The number of carboxylic acids is 1. The third-order valence-corrected chi connectivity index (χ3v) is 3.33. The molecular weight excluding hydrogens is 240 g/mol. The average Bonchev–Trinajstić information content (AvgIpc) is 2.39. The molecule has 1 rings (SSSR count). The summed E-state index contributed by atoms with van der Waals surface area (Å²) >= 11 is 0. The number of hydrogen-bond donors (Lipinski definition) is 3. The molecule has 1 amide bonds. The van der Waals surface area contributed by atoms with E-state index in [4.69, 9.17) is 20.3 Å².